The first-order chi connectivity index (χ1) is 11.7. The van der Waals surface area contributed by atoms with E-state index in [-0.39, 0.29) is 11.9 Å². The lowest BCUT2D eigenvalue weighted by Gasteiger charge is -2.35. The fourth-order valence-corrected chi connectivity index (χ4v) is 3.41. The minimum absolute atomic E-state index is 0.0567. The third-order valence-electron chi connectivity index (χ3n) is 4.57. The lowest BCUT2D eigenvalue weighted by Crippen LogP contribution is -2.40. The number of benzene rings is 2. The highest BCUT2D eigenvalue weighted by Crippen LogP contribution is 2.34. The van der Waals surface area contributed by atoms with Gasteiger partial charge in [-0.3, -0.25) is 4.79 Å². The van der Waals surface area contributed by atoms with Gasteiger partial charge < -0.3 is 9.88 Å². The molecule has 1 aromatic heterocycles. The topological polar surface area (TPSA) is 49.0 Å². The number of nitrogens with zero attached hydrogens (tertiary/aromatic N) is 2. The maximum Gasteiger partial charge on any atom is 0.254 e. The summed E-state index contributed by atoms with van der Waals surface area (Å²) in [4.78, 5) is 22.8. The second kappa shape index (κ2) is 5.96. The molecule has 1 amide bonds. The molecule has 24 heavy (non-hydrogen) atoms. The molecule has 0 saturated carbocycles. The van der Waals surface area contributed by atoms with E-state index in [4.69, 9.17) is 0 Å². The van der Waals surface area contributed by atoms with Crippen molar-refractivity contribution in [3.63, 3.8) is 0 Å². The molecule has 3 aromatic rings. The molecular weight excluding hydrogens is 298 g/mol. The molecule has 0 spiro atoms. The molecular formula is C20H19N3O. The summed E-state index contributed by atoms with van der Waals surface area (Å²) in [6.45, 7) is 2.69. The Morgan fingerprint density at radius 1 is 1.17 bits per heavy atom. The standard InChI is InChI=1S/C20H19N3O/c1-14-6-5-9-16(12-14)20(24)23-11-10-17-18(22-13-21-17)19(23)15-7-3-2-4-8-15/h2-9,12-13,19H,10-11H2,1H3,(H,21,22). The molecule has 0 aliphatic carbocycles. The predicted molar refractivity (Wildman–Crippen MR) is 92.8 cm³/mol. The molecule has 1 aliphatic heterocycles. The summed E-state index contributed by atoms with van der Waals surface area (Å²) in [5, 5.41) is 0. The van der Waals surface area contributed by atoms with Crippen LogP contribution in [0.25, 0.3) is 0 Å². The Morgan fingerprint density at radius 2 is 2.00 bits per heavy atom. The van der Waals surface area contributed by atoms with Crippen molar-refractivity contribution in [2.45, 2.75) is 19.4 Å². The number of aromatic amines is 1. The number of hydrogen-bond acceptors (Lipinski definition) is 2. The lowest BCUT2D eigenvalue weighted by molar-refractivity contribution is 0.0690. The van der Waals surface area contributed by atoms with Gasteiger partial charge in [-0.15, -0.1) is 0 Å². The fourth-order valence-electron chi connectivity index (χ4n) is 3.41. The van der Waals surface area contributed by atoms with E-state index in [2.05, 4.69) is 22.1 Å². The monoisotopic (exact) mass is 317 g/mol. The number of fused-ring (bicyclic) bond motifs is 1. The first-order valence-corrected chi connectivity index (χ1v) is 8.19. The average Bonchev–Trinajstić information content (AvgIpc) is 3.09. The third kappa shape index (κ3) is 2.50. The Morgan fingerprint density at radius 3 is 2.79 bits per heavy atom. The highest BCUT2D eigenvalue weighted by molar-refractivity contribution is 5.95. The molecule has 0 bridgehead atoms. The number of aryl methyl sites for hydroxylation is 1. The third-order valence-corrected chi connectivity index (χ3v) is 4.57. The molecule has 120 valence electrons. The van der Waals surface area contributed by atoms with Crippen LogP contribution < -0.4 is 0 Å². The first-order valence-electron chi connectivity index (χ1n) is 8.19. The van der Waals surface area contributed by atoms with Crippen LogP contribution in [0.2, 0.25) is 0 Å². The number of hydrogen-bond donors (Lipinski definition) is 1. The molecule has 4 heteroatoms. The van der Waals surface area contributed by atoms with Crippen LogP contribution in [0.3, 0.4) is 0 Å². The highest BCUT2D eigenvalue weighted by Gasteiger charge is 2.34. The minimum Gasteiger partial charge on any atom is -0.348 e. The summed E-state index contributed by atoms with van der Waals surface area (Å²) in [6.07, 6.45) is 2.53. The molecule has 0 radical (unpaired) electrons. The van der Waals surface area contributed by atoms with E-state index in [1.54, 1.807) is 6.33 Å². The first kappa shape index (κ1) is 14.7. The van der Waals surface area contributed by atoms with E-state index in [9.17, 15) is 4.79 Å². The van der Waals surface area contributed by atoms with Gasteiger partial charge in [0.1, 0.15) is 6.04 Å². The van der Waals surface area contributed by atoms with Crippen molar-refractivity contribution in [3.05, 3.63) is 89.0 Å². The number of aromatic nitrogens is 2. The number of imidazole rings is 1. The SMILES string of the molecule is Cc1cccc(C(=O)N2CCc3[nH]cnc3C2c2ccccc2)c1. The van der Waals surface area contributed by atoms with Crippen molar-refractivity contribution in [2.24, 2.45) is 0 Å². The number of carbonyl (C=O) groups excluding carboxylic acids is 1. The average molecular weight is 317 g/mol. The molecule has 2 aromatic carbocycles. The van der Waals surface area contributed by atoms with Crippen molar-refractivity contribution >= 4 is 5.91 Å². The molecule has 0 fully saturated rings. The molecule has 0 saturated heterocycles. The summed E-state index contributed by atoms with van der Waals surface area (Å²) in [6, 6.07) is 17.8. The van der Waals surface area contributed by atoms with E-state index in [1.165, 1.54) is 0 Å². The second-order valence-corrected chi connectivity index (χ2v) is 6.20. The Bertz CT molecular complexity index is 869. The quantitative estimate of drug-likeness (QED) is 0.786. The van der Waals surface area contributed by atoms with Crippen molar-refractivity contribution in [2.75, 3.05) is 6.54 Å². The largest absolute Gasteiger partial charge is 0.348 e. The Balaban J connectivity index is 1.78. The molecule has 1 unspecified atom stereocenters. The van der Waals surface area contributed by atoms with Gasteiger partial charge in [0.15, 0.2) is 0 Å². The van der Waals surface area contributed by atoms with Crippen LogP contribution in [0.15, 0.2) is 60.9 Å². The molecule has 1 N–H and O–H groups in total. The van der Waals surface area contributed by atoms with Crippen LogP contribution in [0.1, 0.15) is 38.9 Å². The molecule has 1 aliphatic rings. The van der Waals surface area contributed by atoms with Gasteiger partial charge in [0.05, 0.1) is 12.0 Å². The Hall–Kier alpha value is -2.88. The van der Waals surface area contributed by atoms with Gasteiger partial charge in [0, 0.05) is 24.2 Å². The van der Waals surface area contributed by atoms with Crippen LogP contribution in [0.5, 0.6) is 0 Å². The smallest absolute Gasteiger partial charge is 0.254 e. The lowest BCUT2D eigenvalue weighted by atomic mass is 9.94. The number of amides is 1. The summed E-state index contributed by atoms with van der Waals surface area (Å²) in [5.41, 5.74) is 4.99. The normalized spacial score (nSPS) is 16.7. The molecule has 4 rings (SSSR count). The van der Waals surface area contributed by atoms with Gasteiger partial charge in [-0.1, -0.05) is 48.0 Å². The van der Waals surface area contributed by atoms with Gasteiger partial charge in [-0.25, -0.2) is 4.98 Å². The Labute approximate surface area is 141 Å². The van der Waals surface area contributed by atoms with E-state index < -0.39 is 0 Å². The summed E-state index contributed by atoms with van der Waals surface area (Å²) in [5.74, 6) is 0.0567. The number of nitrogens with one attached hydrogen (secondary N) is 1. The van der Waals surface area contributed by atoms with Crippen LogP contribution in [0.4, 0.5) is 0 Å². The van der Waals surface area contributed by atoms with Crippen molar-refractivity contribution < 1.29 is 4.79 Å². The maximum atomic E-state index is 13.2. The van der Waals surface area contributed by atoms with E-state index >= 15 is 0 Å². The van der Waals surface area contributed by atoms with Crippen LogP contribution in [-0.4, -0.2) is 27.3 Å². The number of carbonyl (C=O) groups is 1. The van der Waals surface area contributed by atoms with E-state index in [1.807, 2.05) is 54.3 Å². The van der Waals surface area contributed by atoms with Gasteiger partial charge in [-0.2, -0.15) is 0 Å². The van der Waals surface area contributed by atoms with Gasteiger partial charge in [0.2, 0.25) is 0 Å². The van der Waals surface area contributed by atoms with Gasteiger partial charge in [0.25, 0.3) is 5.91 Å². The second-order valence-electron chi connectivity index (χ2n) is 6.20. The summed E-state index contributed by atoms with van der Waals surface area (Å²) in [7, 11) is 0. The fraction of sp³-hybridized carbons (Fsp3) is 0.200. The maximum absolute atomic E-state index is 13.2. The van der Waals surface area contributed by atoms with Crippen molar-refractivity contribution in [3.8, 4) is 0 Å². The van der Waals surface area contributed by atoms with Gasteiger partial charge >= 0.3 is 0 Å². The zero-order valence-electron chi connectivity index (χ0n) is 13.6. The number of H-pyrrole nitrogens is 1. The van der Waals surface area contributed by atoms with Crippen molar-refractivity contribution in [1.82, 2.24) is 14.9 Å². The minimum atomic E-state index is -0.144. The number of rotatable bonds is 2. The summed E-state index contributed by atoms with van der Waals surface area (Å²) < 4.78 is 0. The zero-order valence-corrected chi connectivity index (χ0v) is 13.6. The molecule has 4 nitrogen and oxygen atoms in total. The van der Waals surface area contributed by atoms with Crippen LogP contribution >= 0.6 is 0 Å². The molecule has 2 heterocycles. The predicted octanol–water partition coefficient (Wildman–Crippen LogP) is 3.51. The highest BCUT2D eigenvalue weighted by atomic mass is 16.2. The zero-order chi connectivity index (χ0) is 16.5. The Kier molecular flexibility index (Phi) is 3.65. The van der Waals surface area contributed by atoms with E-state index in [0.29, 0.717) is 6.54 Å². The molecule has 1 atom stereocenters. The summed E-state index contributed by atoms with van der Waals surface area (Å²) >= 11 is 0. The van der Waals surface area contributed by atoms with Crippen molar-refractivity contribution in [1.29, 1.82) is 0 Å². The van der Waals surface area contributed by atoms with Crippen LogP contribution in [0, 0.1) is 6.92 Å². The van der Waals surface area contributed by atoms with Gasteiger partial charge in [-0.05, 0) is 24.6 Å². The van der Waals surface area contributed by atoms with E-state index in [0.717, 1.165) is 34.5 Å². The van der Waals surface area contributed by atoms with Crippen LogP contribution in [-0.2, 0) is 6.42 Å².